The van der Waals surface area contributed by atoms with Gasteiger partial charge in [-0.25, -0.2) is 0 Å². The number of aryl methyl sites for hydroxylation is 1. The van der Waals surface area contributed by atoms with Crippen molar-refractivity contribution in [2.45, 2.75) is 13.1 Å². The van der Waals surface area contributed by atoms with E-state index in [4.69, 9.17) is 4.74 Å². The van der Waals surface area contributed by atoms with Crippen LogP contribution in [0.3, 0.4) is 0 Å². The van der Waals surface area contributed by atoms with E-state index in [1.54, 1.807) is 7.11 Å². The van der Waals surface area contributed by atoms with Gasteiger partial charge < -0.3 is 15.0 Å². The number of benzene rings is 2. The summed E-state index contributed by atoms with van der Waals surface area (Å²) in [4.78, 5) is 14.2. The highest BCUT2D eigenvalue weighted by Gasteiger charge is 2.34. The number of hydrogen-bond donors (Lipinski definition) is 2. The molecule has 0 bridgehead atoms. The Kier molecular flexibility index (Phi) is 4.68. The Morgan fingerprint density at radius 3 is 2.68 bits per heavy atom. The van der Waals surface area contributed by atoms with E-state index in [0.717, 1.165) is 16.8 Å². The van der Waals surface area contributed by atoms with Gasteiger partial charge in [0, 0.05) is 5.69 Å². The van der Waals surface area contributed by atoms with Crippen molar-refractivity contribution in [3.8, 4) is 11.8 Å². The highest BCUT2D eigenvalue weighted by atomic mass is 32.1. The van der Waals surface area contributed by atoms with Crippen molar-refractivity contribution >= 4 is 24.2 Å². The number of nitrogens with one attached hydrogen (secondary N) is 1. The molecular formula is C19H17N3O2S. The van der Waals surface area contributed by atoms with Crippen LogP contribution in [0.2, 0.25) is 0 Å². The third-order valence-electron chi connectivity index (χ3n) is 4.10. The van der Waals surface area contributed by atoms with Crippen LogP contribution in [0.4, 0.5) is 5.69 Å². The lowest BCUT2D eigenvalue weighted by molar-refractivity contribution is -0.118. The van der Waals surface area contributed by atoms with E-state index in [0.29, 0.717) is 10.8 Å². The molecule has 0 fully saturated rings. The monoisotopic (exact) mass is 351 g/mol. The van der Waals surface area contributed by atoms with Crippen molar-refractivity contribution in [2.24, 2.45) is 0 Å². The van der Waals surface area contributed by atoms with E-state index in [2.05, 4.69) is 17.9 Å². The molecule has 1 heterocycles. The smallest absolute Gasteiger partial charge is 0.266 e. The summed E-state index contributed by atoms with van der Waals surface area (Å²) in [5, 5.41) is 12.6. The summed E-state index contributed by atoms with van der Waals surface area (Å²) in [5.41, 5.74) is 2.70. The first-order chi connectivity index (χ1) is 12.1. The lowest BCUT2D eigenvalue weighted by Gasteiger charge is -2.38. The normalized spacial score (nSPS) is 17.1. The minimum Gasteiger partial charge on any atom is -0.497 e. The lowest BCUT2D eigenvalue weighted by atomic mass is 10.1. The Bertz CT molecular complexity index is 902. The number of hydrogen-bond acceptors (Lipinski definition) is 5. The number of rotatable bonds is 3. The Hall–Kier alpha value is -2.91. The maximum Gasteiger partial charge on any atom is 0.266 e. The fourth-order valence-corrected chi connectivity index (χ4v) is 3.21. The Morgan fingerprint density at radius 1 is 1.24 bits per heavy atom. The van der Waals surface area contributed by atoms with Crippen LogP contribution in [0, 0.1) is 18.3 Å². The van der Waals surface area contributed by atoms with Gasteiger partial charge in [0.25, 0.3) is 5.91 Å². The van der Waals surface area contributed by atoms with Crippen molar-refractivity contribution in [2.75, 3.05) is 12.0 Å². The number of para-hydroxylation sites is 1. The first kappa shape index (κ1) is 16.9. The SMILES string of the molecule is COc1cccc(C2NC(=O)C(C#N)=C(S)N2c2ccccc2C)c1. The van der Waals surface area contributed by atoms with Crippen LogP contribution < -0.4 is 15.0 Å². The van der Waals surface area contributed by atoms with Gasteiger partial charge in [-0.15, -0.1) is 12.6 Å². The summed E-state index contributed by atoms with van der Waals surface area (Å²) < 4.78 is 5.29. The van der Waals surface area contributed by atoms with Crippen molar-refractivity contribution < 1.29 is 9.53 Å². The minimum absolute atomic E-state index is 0.00858. The molecule has 3 rings (SSSR count). The van der Waals surface area contributed by atoms with Gasteiger partial charge in [0.05, 0.1) is 12.1 Å². The number of carbonyl (C=O) groups is 1. The van der Waals surface area contributed by atoms with Crippen LogP contribution >= 0.6 is 12.6 Å². The minimum atomic E-state index is -0.492. The van der Waals surface area contributed by atoms with E-state index in [-0.39, 0.29) is 5.57 Å². The maximum absolute atomic E-state index is 12.3. The number of nitriles is 1. The van der Waals surface area contributed by atoms with Crippen LogP contribution in [0.1, 0.15) is 17.3 Å². The summed E-state index contributed by atoms with van der Waals surface area (Å²) in [6, 6.07) is 17.2. The van der Waals surface area contributed by atoms with Crippen LogP contribution in [0.25, 0.3) is 0 Å². The molecule has 25 heavy (non-hydrogen) atoms. The molecule has 1 atom stereocenters. The number of anilines is 1. The molecule has 0 spiro atoms. The molecule has 0 saturated carbocycles. The largest absolute Gasteiger partial charge is 0.497 e. The third-order valence-corrected chi connectivity index (χ3v) is 4.54. The molecule has 6 heteroatoms. The van der Waals surface area contributed by atoms with Crippen LogP contribution in [0.15, 0.2) is 59.1 Å². The van der Waals surface area contributed by atoms with Gasteiger partial charge in [0.15, 0.2) is 0 Å². The van der Waals surface area contributed by atoms with Crippen molar-refractivity contribution in [1.29, 1.82) is 5.26 Å². The zero-order valence-electron chi connectivity index (χ0n) is 13.9. The second kappa shape index (κ2) is 6.91. The number of nitrogens with zero attached hydrogens (tertiary/aromatic N) is 2. The summed E-state index contributed by atoms with van der Waals surface area (Å²) in [5.74, 6) is 0.248. The fraction of sp³-hybridized carbons (Fsp3) is 0.158. The molecule has 1 aliphatic rings. The molecule has 2 aromatic carbocycles. The average molecular weight is 351 g/mol. The number of methoxy groups -OCH3 is 1. The number of carbonyl (C=O) groups excluding carboxylic acids is 1. The van der Waals surface area contributed by atoms with Crippen molar-refractivity contribution in [1.82, 2.24) is 5.32 Å². The van der Waals surface area contributed by atoms with Crippen LogP contribution in [0.5, 0.6) is 5.75 Å². The van der Waals surface area contributed by atoms with E-state index in [1.807, 2.05) is 66.4 Å². The van der Waals surface area contributed by atoms with Crippen molar-refractivity contribution in [3.05, 3.63) is 70.3 Å². The van der Waals surface area contributed by atoms with Gasteiger partial charge in [-0.1, -0.05) is 30.3 Å². The molecule has 2 aromatic rings. The molecule has 1 N–H and O–H groups in total. The van der Waals surface area contributed by atoms with E-state index >= 15 is 0 Å². The molecule has 0 aromatic heterocycles. The summed E-state index contributed by atoms with van der Waals surface area (Å²) in [6.07, 6.45) is -0.492. The average Bonchev–Trinajstić information content (AvgIpc) is 2.62. The summed E-state index contributed by atoms with van der Waals surface area (Å²) in [7, 11) is 1.59. The van der Waals surface area contributed by atoms with E-state index in [9.17, 15) is 10.1 Å². The second-order valence-corrected chi connectivity index (χ2v) is 6.04. The van der Waals surface area contributed by atoms with Gasteiger partial charge in [-0.05, 0) is 36.2 Å². The summed E-state index contributed by atoms with van der Waals surface area (Å²) >= 11 is 4.50. The molecule has 0 aliphatic carbocycles. The molecule has 126 valence electrons. The maximum atomic E-state index is 12.3. The second-order valence-electron chi connectivity index (χ2n) is 5.62. The van der Waals surface area contributed by atoms with Gasteiger partial charge in [-0.2, -0.15) is 5.26 Å². The molecule has 1 aliphatic heterocycles. The highest BCUT2D eigenvalue weighted by Crippen LogP contribution is 2.37. The van der Waals surface area contributed by atoms with E-state index in [1.165, 1.54) is 0 Å². The quantitative estimate of drug-likeness (QED) is 0.833. The fourth-order valence-electron chi connectivity index (χ4n) is 2.84. The Balaban J connectivity index is 2.19. The number of amides is 1. The standard InChI is InChI=1S/C19H17N3O2S/c1-12-6-3-4-9-16(12)22-17(13-7-5-8-14(10-13)24-2)21-18(23)15(11-20)19(22)25/h3-10,17,25H,1-2H3,(H,21,23). The van der Waals surface area contributed by atoms with Gasteiger partial charge >= 0.3 is 0 Å². The van der Waals surface area contributed by atoms with Crippen LogP contribution in [-0.4, -0.2) is 13.0 Å². The predicted octanol–water partition coefficient (Wildman–Crippen LogP) is 3.30. The topological polar surface area (TPSA) is 65.4 Å². The molecular weight excluding hydrogens is 334 g/mol. The first-order valence-electron chi connectivity index (χ1n) is 7.70. The summed E-state index contributed by atoms with van der Waals surface area (Å²) in [6.45, 7) is 1.97. The van der Waals surface area contributed by atoms with Crippen LogP contribution in [-0.2, 0) is 4.79 Å². The molecule has 0 saturated heterocycles. The zero-order chi connectivity index (χ0) is 18.0. The van der Waals surface area contributed by atoms with Gasteiger partial charge in [0.2, 0.25) is 0 Å². The third kappa shape index (κ3) is 3.06. The highest BCUT2D eigenvalue weighted by molar-refractivity contribution is 7.84. The predicted molar refractivity (Wildman–Crippen MR) is 99.2 cm³/mol. The molecule has 5 nitrogen and oxygen atoms in total. The number of ether oxygens (including phenoxy) is 1. The van der Waals surface area contributed by atoms with Crippen molar-refractivity contribution in [3.63, 3.8) is 0 Å². The molecule has 1 amide bonds. The number of thiol groups is 1. The Morgan fingerprint density at radius 2 is 2.00 bits per heavy atom. The lowest BCUT2D eigenvalue weighted by Crippen LogP contribution is -2.46. The zero-order valence-corrected chi connectivity index (χ0v) is 14.7. The molecule has 0 radical (unpaired) electrons. The van der Waals surface area contributed by atoms with Gasteiger partial charge in [-0.3, -0.25) is 4.79 Å². The Labute approximate surface area is 151 Å². The van der Waals surface area contributed by atoms with E-state index < -0.39 is 12.1 Å². The first-order valence-corrected chi connectivity index (χ1v) is 8.14. The molecule has 1 unspecified atom stereocenters. The van der Waals surface area contributed by atoms with Gasteiger partial charge in [0.1, 0.15) is 23.6 Å².